The summed E-state index contributed by atoms with van der Waals surface area (Å²) in [6.45, 7) is 8.37. The molecule has 2 aromatic carbocycles. The standard InChI is InChI=1S/C25H32ClN3O4S/c1-17(15-30)23(28-24(31)19-5-4-6-21(13-19)34(27,32)33)14-29-12-11-22(25(2,3)16-29)18-7-9-20(26)10-8-18/h4-10,13,15,17,22-23H,11-12,14,16H2,1-3H3,(H,28,31)(H2,27,32,33). The Morgan fingerprint density at radius 1 is 1.26 bits per heavy atom. The molecule has 3 rings (SSSR count). The molecule has 9 heteroatoms. The zero-order valence-corrected chi connectivity index (χ0v) is 21.3. The summed E-state index contributed by atoms with van der Waals surface area (Å²) >= 11 is 6.05. The Balaban J connectivity index is 1.72. The van der Waals surface area contributed by atoms with Gasteiger partial charge in [0.25, 0.3) is 5.91 Å². The fourth-order valence-corrected chi connectivity index (χ4v) is 5.40. The first-order valence-electron chi connectivity index (χ1n) is 11.3. The molecule has 1 aliphatic heterocycles. The van der Waals surface area contributed by atoms with Crippen LogP contribution in [-0.4, -0.2) is 51.2 Å². The summed E-state index contributed by atoms with van der Waals surface area (Å²) in [6, 6.07) is 13.1. The number of hydrogen-bond acceptors (Lipinski definition) is 5. The number of aldehydes is 1. The van der Waals surface area contributed by atoms with Gasteiger partial charge in [0.05, 0.1) is 10.9 Å². The molecule has 1 fully saturated rings. The van der Waals surface area contributed by atoms with Crippen LogP contribution < -0.4 is 10.5 Å². The third-order valence-corrected chi connectivity index (χ3v) is 7.79. The van der Waals surface area contributed by atoms with Crippen molar-refractivity contribution >= 4 is 33.8 Å². The first-order chi connectivity index (χ1) is 15.9. The molecule has 0 spiro atoms. The molecular formula is C25H32ClN3O4S. The average molecular weight is 506 g/mol. The number of amides is 1. The van der Waals surface area contributed by atoms with Gasteiger partial charge in [0.1, 0.15) is 6.29 Å². The quantitative estimate of drug-likeness (QED) is 0.534. The summed E-state index contributed by atoms with van der Waals surface area (Å²) < 4.78 is 23.3. The number of benzene rings is 2. The molecule has 0 radical (unpaired) electrons. The molecule has 0 aromatic heterocycles. The van der Waals surface area contributed by atoms with E-state index < -0.39 is 27.9 Å². The van der Waals surface area contributed by atoms with Gasteiger partial charge in [-0.1, -0.05) is 50.6 Å². The van der Waals surface area contributed by atoms with Gasteiger partial charge in [-0.3, -0.25) is 4.79 Å². The van der Waals surface area contributed by atoms with Crippen LogP contribution in [0.4, 0.5) is 0 Å². The number of hydrogen-bond donors (Lipinski definition) is 2. The number of likely N-dealkylation sites (tertiary alicyclic amines) is 1. The zero-order chi connectivity index (χ0) is 25.1. The first-order valence-corrected chi connectivity index (χ1v) is 13.2. The number of carbonyl (C=O) groups is 2. The fraction of sp³-hybridized carbons (Fsp3) is 0.440. The Morgan fingerprint density at radius 3 is 2.53 bits per heavy atom. The second-order valence-electron chi connectivity index (χ2n) is 9.76. The van der Waals surface area contributed by atoms with Gasteiger partial charge in [0, 0.05) is 29.6 Å². The van der Waals surface area contributed by atoms with Crippen LogP contribution in [0.2, 0.25) is 5.02 Å². The lowest BCUT2D eigenvalue weighted by Crippen LogP contribution is -2.52. The summed E-state index contributed by atoms with van der Waals surface area (Å²) in [5.41, 5.74) is 1.42. The van der Waals surface area contributed by atoms with Crippen molar-refractivity contribution in [2.45, 2.75) is 44.0 Å². The highest BCUT2D eigenvalue weighted by Gasteiger charge is 2.37. The minimum absolute atomic E-state index is 0.0190. The van der Waals surface area contributed by atoms with Crippen LogP contribution in [0.25, 0.3) is 0 Å². The maximum absolute atomic E-state index is 12.9. The number of sulfonamides is 1. The topological polar surface area (TPSA) is 110 Å². The molecule has 3 unspecified atom stereocenters. The van der Waals surface area contributed by atoms with E-state index >= 15 is 0 Å². The van der Waals surface area contributed by atoms with Crippen LogP contribution in [0.15, 0.2) is 53.4 Å². The van der Waals surface area contributed by atoms with Crippen molar-refractivity contribution in [1.82, 2.24) is 10.2 Å². The number of primary sulfonamides is 1. The average Bonchev–Trinajstić information content (AvgIpc) is 2.78. The van der Waals surface area contributed by atoms with Crippen molar-refractivity contribution in [3.63, 3.8) is 0 Å². The van der Waals surface area contributed by atoms with E-state index in [1.165, 1.54) is 29.8 Å². The number of rotatable bonds is 8. The predicted octanol–water partition coefficient (Wildman–Crippen LogP) is 3.44. The van der Waals surface area contributed by atoms with Crippen LogP contribution in [0.3, 0.4) is 0 Å². The highest BCUT2D eigenvalue weighted by molar-refractivity contribution is 7.89. The van der Waals surface area contributed by atoms with Crippen molar-refractivity contribution in [3.05, 3.63) is 64.7 Å². The summed E-state index contributed by atoms with van der Waals surface area (Å²) in [4.78, 5) is 26.6. The molecule has 2 aromatic rings. The third kappa shape index (κ3) is 6.44. The van der Waals surface area contributed by atoms with E-state index in [0.717, 1.165) is 30.8 Å². The van der Waals surface area contributed by atoms with Gasteiger partial charge in [-0.25, -0.2) is 13.6 Å². The van der Waals surface area contributed by atoms with Crippen LogP contribution in [0.1, 0.15) is 49.0 Å². The number of nitrogens with one attached hydrogen (secondary N) is 1. The van der Waals surface area contributed by atoms with Crippen molar-refractivity contribution in [1.29, 1.82) is 0 Å². The van der Waals surface area contributed by atoms with Gasteiger partial charge < -0.3 is 15.0 Å². The highest BCUT2D eigenvalue weighted by atomic mass is 35.5. The molecule has 1 aliphatic rings. The first kappa shape index (κ1) is 26.3. The van der Waals surface area contributed by atoms with Crippen LogP contribution in [-0.2, 0) is 14.8 Å². The maximum atomic E-state index is 12.9. The molecule has 1 heterocycles. The van der Waals surface area contributed by atoms with Gasteiger partial charge >= 0.3 is 0 Å². The summed E-state index contributed by atoms with van der Waals surface area (Å²) in [5, 5.41) is 8.83. The van der Waals surface area contributed by atoms with E-state index in [-0.39, 0.29) is 15.9 Å². The normalized spacial score (nSPS) is 20.3. The predicted molar refractivity (Wildman–Crippen MR) is 133 cm³/mol. The van der Waals surface area contributed by atoms with Gasteiger partial charge in [0.15, 0.2) is 0 Å². The second-order valence-corrected chi connectivity index (χ2v) is 11.8. The molecule has 3 N–H and O–H groups in total. The van der Waals surface area contributed by atoms with Crippen molar-refractivity contribution in [2.75, 3.05) is 19.6 Å². The minimum Gasteiger partial charge on any atom is -0.347 e. The summed E-state index contributed by atoms with van der Waals surface area (Å²) in [6.07, 6.45) is 1.78. The fourth-order valence-electron chi connectivity index (χ4n) is 4.72. The molecule has 1 saturated heterocycles. The molecule has 0 saturated carbocycles. The largest absolute Gasteiger partial charge is 0.347 e. The van der Waals surface area contributed by atoms with Gasteiger partial charge in [-0.15, -0.1) is 0 Å². The number of nitrogens with zero attached hydrogens (tertiary/aromatic N) is 1. The van der Waals surface area contributed by atoms with Crippen molar-refractivity contribution in [2.24, 2.45) is 16.5 Å². The van der Waals surface area contributed by atoms with E-state index in [9.17, 15) is 18.0 Å². The summed E-state index contributed by atoms with van der Waals surface area (Å²) in [5.74, 6) is -0.486. The van der Waals surface area contributed by atoms with E-state index in [0.29, 0.717) is 12.5 Å². The molecule has 3 atom stereocenters. The van der Waals surface area contributed by atoms with E-state index in [4.69, 9.17) is 16.7 Å². The molecule has 1 amide bonds. The Bertz CT molecular complexity index is 1140. The molecule has 184 valence electrons. The SMILES string of the molecule is CC(C=O)C(CN1CCC(c2ccc(Cl)cc2)C(C)(C)C1)NC(=O)c1cccc(S(N)(=O)=O)c1. The number of nitrogens with two attached hydrogens (primary N) is 1. The molecule has 7 nitrogen and oxygen atoms in total. The van der Waals surface area contributed by atoms with Gasteiger partial charge in [-0.05, 0) is 60.2 Å². The number of carbonyl (C=O) groups excluding carboxylic acids is 2. The summed E-state index contributed by atoms with van der Waals surface area (Å²) in [7, 11) is -3.93. The lowest BCUT2D eigenvalue weighted by Gasteiger charge is -2.46. The lowest BCUT2D eigenvalue weighted by atomic mass is 9.70. The molecule has 0 aliphatic carbocycles. The Labute approximate surface area is 206 Å². The third-order valence-electron chi connectivity index (χ3n) is 6.63. The van der Waals surface area contributed by atoms with Crippen LogP contribution in [0, 0.1) is 11.3 Å². The van der Waals surface area contributed by atoms with Crippen molar-refractivity contribution in [3.8, 4) is 0 Å². The monoisotopic (exact) mass is 505 g/mol. The maximum Gasteiger partial charge on any atom is 0.251 e. The van der Waals surface area contributed by atoms with E-state index in [1.807, 2.05) is 12.1 Å². The van der Waals surface area contributed by atoms with Gasteiger partial charge in [0.2, 0.25) is 10.0 Å². The smallest absolute Gasteiger partial charge is 0.251 e. The van der Waals surface area contributed by atoms with Crippen LogP contribution >= 0.6 is 11.6 Å². The van der Waals surface area contributed by atoms with E-state index in [2.05, 4.69) is 36.2 Å². The molecule has 34 heavy (non-hydrogen) atoms. The molecule has 0 bridgehead atoms. The Hall–Kier alpha value is -2.26. The lowest BCUT2D eigenvalue weighted by molar-refractivity contribution is -0.111. The Morgan fingerprint density at radius 2 is 1.94 bits per heavy atom. The van der Waals surface area contributed by atoms with Crippen molar-refractivity contribution < 1.29 is 18.0 Å². The van der Waals surface area contributed by atoms with Gasteiger partial charge in [-0.2, -0.15) is 0 Å². The molecular weight excluding hydrogens is 474 g/mol. The number of piperidine rings is 1. The zero-order valence-electron chi connectivity index (χ0n) is 19.7. The minimum atomic E-state index is -3.93. The van der Waals surface area contributed by atoms with Crippen LogP contribution in [0.5, 0.6) is 0 Å². The number of halogens is 1. The van der Waals surface area contributed by atoms with E-state index in [1.54, 1.807) is 6.92 Å². The highest BCUT2D eigenvalue weighted by Crippen LogP contribution is 2.42. The Kier molecular flexibility index (Phi) is 8.18. The second kappa shape index (κ2) is 10.6.